The largest absolute Gasteiger partial charge is 0.379 e. The standard InChI is InChI=1S/C13H23N5OS/c1-2-14-13-16-15-12(20-13)10-17-4-3-11(9-17)18-5-7-19-8-6-18/h11H,2-10H2,1H3,(H,14,16). The Bertz CT molecular complexity index is 421. The molecule has 1 aromatic rings. The van der Waals surface area contributed by atoms with Crippen LogP contribution in [0.5, 0.6) is 0 Å². The van der Waals surface area contributed by atoms with Gasteiger partial charge in [0.15, 0.2) is 0 Å². The van der Waals surface area contributed by atoms with E-state index in [2.05, 4.69) is 32.2 Å². The van der Waals surface area contributed by atoms with Crippen molar-refractivity contribution in [1.29, 1.82) is 0 Å². The SMILES string of the molecule is CCNc1nnc(CN2CCC(N3CCOCC3)C2)s1. The molecule has 112 valence electrons. The van der Waals surface area contributed by atoms with Crippen molar-refractivity contribution in [3.8, 4) is 0 Å². The molecule has 2 saturated heterocycles. The second kappa shape index (κ2) is 6.80. The van der Waals surface area contributed by atoms with E-state index in [9.17, 15) is 0 Å². The van der Waals surface area contributed by atoms with Gasteiger partial charge >= 0.3 is 0 Å². The maximum absolute atomic E-state index is 5.43. The average Bonchev–Trinajstić information content (AvgIpc) is 3.11. The summed E-state index contributed by atoms with van der Waals surface area (Å²) in [5.41, 5.74) is 0. The molecule has 7 heteroatoms. The number of rotatable bonds is 5. The van der Waals surface area contributed by atoms with Gasteiger partial charge in [0.1, 0.15) is 5.01 Å². The minimum absolute atomic E-state index is 0.694. The van der Waals surface area contributed by atoms with Crippen LogP contribution in [-0.4, -0.2) is 72.0 Å². The second-order valence-corrected chi connectivity index (χ2v) is 6.42. The van der Waals surface area contributed by atoms with Crippen LogP contribution in [0.25, 0.3) is 0 Å². The van der Waals surface area contributed by atoms with Gasteiger partial charge in [-0.2, -0.15) is 0 Å². The van der Waals surface area contributed by atoms with Crippen LogP contribution in [0, 0.1) is 0 Å². The van der Waals surface area contributed by atoms with E-state index < -0.39 is 0 Å². The highest BCUT2D eigenvalue weighted by atomic mass is 32.1. The molecule has 0 saturated carbocycles. The number of anilines is 1. The van der Waals surface area contributed by atoms with Crippen LogP contribution in [-0.2, 0) is 11.3 Å². The Labute approximate surface area is 124 Å². The zero-order valence-electron chi connectivity index (χ0n) is 12.0. The Morgan fingerprint density at radius 2 is 2.15 bits per heavy atom. The molecule has 0 spiro atoms. The number of hydrogen-bond donors (Lipinski definition) is 1. The van der Waals surface area contributed by atoms with E-state index in [1.165, 1.54) is 6.42 Å². The van der Waals surface area contributed by atoms with Crippen LogP contribution in [0.2, 0.25) is 0 Å². The first-order valence-electron chi connectivity index (χ1n) is 7.45. The second-order valence-electron chi connectivity index (χ2n) is 5.36. The minimum Gasteiger partial charge on any atom is -0.379 e. The van der Waals surface area contributed by atoms with Gasteiger partial charge in [-0.1, -0.05) is 11.3 Å². The van der Waals surface area contributed by atoms with Gasteiger partial charge in [-0.3, -0.25) is 9.80 Å². The highest BCUT2D eigenvalue weighted by Gasteiger charge is 2.29. The van der Waals surface area contributed by atoms with E-state index in [1.807, 2.05) is 0 Å². The number of aromatic nitrogens is 2. The van der Waals surface area contributed by atoms with Crippen LogP contribution in [0.3, 0.4) is 0 Å². The van der Waals surface area contributed by atoms with Crippen LogP contribution < -0.4 is 5.32 Å². The zero-order chi connectivity index (χ0) is 13.8. The number of morpholine rings is 1. The van der Waals surface area contributed by atoms with E-state index >= 15 is 0 Å². The summed E-state index contributed by atoms with van der Waals surface area (Å²) in [7, 11) is 0. The monoisotopic (exact) mass is 297 g/mol. The Morgan fingerprint density at radius 1 is 1.30 bits per heavy atom. The molecule has 6 nitrogen and oxygen atoms in total. The summed E-state index contributed by atoms with van der Waals surface area (Å²) >= 11 is 1.67. The first kappa shape index (κ1) is 14.2. The van der Waals surface area contributed by atoms with E-state index in [0.717, 1.165) is 62.6 Å². The molecule has 3 heterocycles. The number of nitrogens with one attached hydrogen (secondary N) is 1. The number of ether oxygens (including phenoxy) is 1. The average molecular weight is 297 g/mol. The van der Waals surface area contributed by atoms with Crippen molar-refractivity contribution < 1.29 is 4.74 Å². The molecule has 1 atom stereocenters. The fraction of sp³-hybridized carbons (Fsp3) is 0.846. The Kier molecular flexibility index (Phi) is 4.82. The third kappa shape index (κ3) is 3.46. The highest BCUT2D eigenvalue weighted by molar-refractivity contribution is 7.15. The van der Waals surface area contributed by atoms with E-state index in [-0.39, 0.29) is 0 Å². The van der Waals surface area contributed by atoms with Gasteiger partial charge in [-0.25, -0.2) is 0 Å². The fourth-order valence-corrected chi connectivity index (χ4v) is 3.78. The maximum atomic E-state index is 5.43. The molecule has 2 aliphatic heterocycles. The summed E-state index contributed by atoms with van der Waals surface area (Å²) in [5.74, 6) is 0. The zero-order valence-corrected chi connectivity index (χ0v) is 12.9. The predicted octanol–water partition coefficient (Wildman–Crippen LogP) is 0.876. The quantitative estimate of drug-likeness (QED) is 0.870. The molecule has 0 aromatic carbocycles. The van der Waals surface area contributed by atoms with Crippen molar-refractivity contribution >= 4 is 16.5 Å². The van der Waals surface area contributed by atoms with Crippen molar-refractivity contribution in [2.45, 2.75) is 25.9 Å². The first-order valence-corrected chi connectivity index (χ1v) is 8.27. The molecular formula is C13H23N5OS. The summed E-state index contributed by atoms with van der Waals surface area (Å²) in [6, 6.07) is 0.694. The summed E-state index contributed by atoms with van der Waals surface area (Å²) < 4.78 is 5.43. The van der Waals surface area contributed by atoms with Gasteiger partial charge in [0.2, 0.25) is 5.13 Å². The molecule has 0 aliphatic carbocycles. The van der Waals surface area contributed by atoms with Crippen molar-refractivity contribution in [2.24, 2.45) is 0 Å². The summed E-state index contributed by atoms with van der Waals surface area (Å²) in [4.78, 5) is 5.07. The molecule has 3 rings (SSSR count). The van der Waals surface area contributed by atoms with Gasteiger partial charge in [0.25, 0.3) is 0 Å². The Hall–Kier alpha value is -0.760. The van der Waals surface area contributed by atoms with Gasteiger partial charge in [0.05, 0.1) is 19.8 Å². The lowest BCUT2D eigenvalue weighted by molar-refractivity contribution is 0.0184. The van der Waals surface area contributed by atoms with Crippen molar-refractivity contribution in [3.63, 3.8) is 0 Å². The lowest BCUT2D eigenvalue weighted by atomic mass is 10.2. The molecule has 1 N–H and O–H groups in total. The predicted molar refractivity (Wildman–Crippen MR) is 80.1 cm³/mol. The van der Waals surface area contributed by atoms with Crippen LogP contribution in [0.15, 0.2) is 0 Å². The molecule has 2 fully saturated rings. The van der Waals surface area contributed by atoms with Gasteiger partial charge < -0.3 is 10.1 Å². The molecule has 0 amide bonds. The highest BCUT2D eigenvalue weighted by Crippen LogP contribution is 2.21. The van der Waals surface area contributed by atoms with Gasteiger partial charge in [-0.05, 0) is 13.3 Å². The van der Waals surface area contributed by atoms with Gasteiger partial charge in [-0.15, -0.1) is 10.2 Å². The first-order chi connectivity index (χ1) is 9.85. The molecule has 20 heavy (non-hydrogen) atoms. The summed E-state index contributed by atoms with van der Waals surface area (Å²) in [5, 5.41) is 13.7. The molecular weight excluding hydrogens is 274 g/mol. The lowest BCUT2D eigenvalue weighted by Gasteiger charge is -2.32. The van der Waals surface area contributed by atoms with Crippen LogP contribution in [0.1, 0.15) is 18.4 Å². The van der Waals surface area contributed by atoms with Crippen LogP contribution in [0.4, 0.5) is 5.13 Å². The van der Waals surface area contributed by atoms with Crippen LogP contribution >= 0.6 is 11.3 Å². The van der Waals surface area contributed by atoms with Gasteiger partial charge in [0, 0.05) is 38.8 Å². The Balaban J connectivity index is 1.49. The molecule has 0 radical (unpaired) electrons. The molecule has 1 unspecified atom stereocenters. The van der Waals surface area contributed by atoms with E-state index in [4.69, 9.17) is 4.74 Å². The van der Waals surface area contributed by atoms with Crippen molar-refractivity contribution in [3.05, 3.63) is 5.01 Å². The topological polar surface area (TPSA) is 53.5 Å². The number of hydrogen-bond acceptors (Lipinski definition) is 7. The number of likely N-dealkylation sites (tertiary alicyclic amines) is 1. The Morgan fingerprint density at radius 3 is 2.95 bits per heavy atom. The smallest absolute Gasteiger partial charge is 0.205 e. The number of nitrogens with zero attached hydrogens (tertiary/aromatic N) is 4. The van der Waals surface area contributed by atoms with E-state index in [0.29, 0.717) is 6.04 Å². The molecule has 0 bridgehead atoms. The van der Waals surface area contributed by atoms with Crippen molar-refractivity contribution in [2.75, 3.05) is 51.3 Å². The third-order valence-electron chi connectivity index (χ3n) is 3.96. The normalized spacial score (nSPS) is 25.1. The molecule has 2 aliphatic rings. The van der Waals surface area contributed by atoms with E-state index in [1.54, 1.807) is 11.3 Å². The summed E-state index contributed by atoms with van der Waals surface area (Å²) in [6.45, 7) is 10.2. The maximum Gasteiger partial charge on any atom is 0.205 e. The fourth-order valence-electron chi connectivity index (χ4n) is 2.93. The van der Waals surface area contributed by atoms with Crippen molar-refractivity contribution in [1.82, 2.24) is 20.0 Å². The summed E-state index contributed by atoms with van der Waals surface area (Å²) in [6.07, 6.45) is 1.26. The third-order valence-corrected chi connectivity index (χ3v) is 4.83. The molecule has 1 aromatic heterocycles. The minimum atomic E-state index is 0.694. The lowest BCUT2D eigenvalue weighted by Crippen LogP contribution is -2.44.